The average molecular weight is 458 g/mol. The number of hydrogen-bond donors (Lipinski definition) is 3. The van der Waals surface area contributed by atoms with Crippen molar-refractivity contribution in [2.75, 3.05) is 6.54 Å². The lowest BCUT2D eigenvalue weighted by Gasteiger charge is -2.37. The molecule has 3 N–H and O–H groups in total. The van der Waals surface area contributed by atoms with Gasteiger partial charge in [-0.3, -0.25) is 10.1 Å². The molecule has 174 valence electrons. The standard InChI is InChI=1S/C21H32ClN3O6/c1-20(2,3)16(24-19(29)31-21(4,5)6)17(26)25-11-13(9-14(25)18(27)28)30-15-8-7-12(22)10-23-15/h7-8,10,13-14,16,19,24,29H,9,11H2,1-6H3,(H,27,28)/t13-,14+,16-,19?/m1/s1. The zero-order valence-corrected chi connectivity index (χ0v) is 19.5. The minimum Gasteiger partial charge on any atom is -0.480 e. The monoisotopic (exact) mass is 457 g/mol. The van der Waals surface area contributed by atoms with Crippen LogP contribution in [0.4, 0.5) is 0 Å². The molecule has 2 heterocycles. The lowest BCUT2D eigenvalue weighted by molar-refractivity contribution is -0.192. The molecule has 4 atom stereocenters. The van der Waals surface area contributed by atoms with Gasteiger partial charge < -0.3 is 24.6 Å². The van der Waals surface area contributed by atoms with Crippen molar-refractivity contribution in [3.8, 4) is 5.88 Å². The fourth-order valence-electron chi connectivity index (χ4n) is 3.33. The number of ether oxygens (including phenoxy) is 2. The summed E-state index contributed by atoms with van der Waals surface area (Å²) >= 11 is 5.83. The van der Waals surface area contributed by atoms with E-state index < -0.39 is 47.5 Å². The molecular formula is C21H32ClN3O6. The van der Waals surface area contributed by atoms with Crippen molar-refractivity contribution in [1.29, 1.82) is 0 Å². The van der Waals surface area contributed by atoms with Crippen LogP contribution in [-0.4, -0.2) is 68.7 Å². The first-order valence-electron chi connectivity index (χ1n) is 10.1. The summed E-state index contributed by atoms with van der Waals surface area (Å²) in [4.78, 5) is 30.6. The van der Waals surface area contributed by atoms with E-state index in [0.717, 1.165) is 0 Å². The summed E-state index contributed by atoms with van der Waals surface area (Å²) in [5.74, 6) is -1.28. The SMILES string of the molecule is CC(C)(C)OC(O)N[C@H](C(=O)N1C[C@H](Oc2ccc(Cl)cn2)C[C@H]1C(=O)O)C(C)(C)C. The van der Waals surface area contributed by atoms with Gasteiger partial charge in [0.2, 0.25) is 18.2 Å². The zero-order chi connectivity index (χ0) is 23.6. The van der Waals surface area contributed by atoms with Gasteiger partial charge in [-0.05, 0) is 32.3 Å². The molecule has 0 aliphatic carbocycles. The van der Waals surface area contributed by atoms with Crippen LogP contribution >= 0.6 is 11.6 Å². The van der Waals surface area contributed by atoms with Crippen molar-refractivity contribution in [3.63, 3.8) is 0 Å². The molecule has 1 amide bonds. The molecule has 1 unspecified atom stereocenters. The molecule has 31 heavy (non-hydrogen) atoms. The zero-order valence-electron chi connectivity index (χ0n) is 18.8. The molecular weight excluding hydrogens is 426 g/mol. The van der Waals surface area contributed by atoms with Crippen LogP contribution in [0, 0.1) is 5.41 Å². The topological polar surface area (TPSA) is 121 Å². The van der Waals surface area contributed by atoms with E-state index in [1.54, 1.807) is 32.9 Å². The van der Waals surface area contributed by atoms with Crippen molar-refractivity contribution in [2.45, 2.75) is 78.2 Å². The van der Waals surface area contributed by atoms with E-state index in [1.807, 2.05) is 20.8 Å². The van der Waals surface area contributed by atoms with Gasteiger partial charge in [-0.2, -0.15) is 0 Å². The predicted molar refractivity (Wildman–Crippen MR) is 115 cm³/mol. The number of likely N-dealkylation sites (tertiary alicyclic amines) is 1. The second kappa shape index (κ2) is 9.68. The highest BCUT2D eigenvalue weighted by Crippen LogP contribution is 2.28. The van der Waals surface area contributed by atoms with E-state index in [9.17, 15) is 19.8 Å². The molecule has 10 heteroatoms. The number of nitrogens with one attached hydrogen (secondary N) is 1. The van der Waals surface area contributed by atoms with Gasteiger partial charge in [0.15, 0.2) is 0 Å². The highest BCUT2D eigenvalue weighted by Gasteiger charge is 2.46. The average Bonchev–Trinajstić information content (AvgIpc) is 3.03. The van der Waals surface area contributed by atoms with Crippen LogP contribution in [0.25, 0.3) is 0 Å². The molecule has 0 spiro atoms. The molecule has 0 bridgehead atoms. The largest absolute Gasteiger partial charge is 0.480 e. The summed E-state index contributed by atoms with van der Waals surface area (Å²) in [6, 6.07) is 1.26. The predicted octanol–water partition coefficient (Wildman–Crippen LogP) is 2.26. The third-order valence-electron chi connectivity index (χ3n) is 4.71. The Morgan fingerprint density at radius 2 is 1.90 bits per heavy atom. The number of carboxylic acids is 1. The summed E-state index contributed by atoms with van der Waals surface area (Å²) in [6.07, 6.45) is -0.400. The highest BCUT2D eigenvalue weighted by molar-refractivity contribution is 6.30. The van der Waals surface area contributed by atoms with Crippen LogP contribution < -0.4 is 10.1 Å². The van der Waals surface area contributed by atoms with E-state index in [0.29, 0.717) is 10.9 Å². The van der Waals surface area contributed by atoms with Crippen molar-refractivity contribution < 1.29 is 29.3 Å². The second-order valence-electron chi connectivity index (χ2n) is 9.68. The number of pyridine rings is 1. The number of aliphatic hydroxyl groups is 1. The van der Waals surface area contributed by atoms with Crippen molar-refractivity contribution in [1.82, 2.24) is 15.2 Å². The number of aliphatic carboxylic acids is 1. The van der Waals surface area contributed by atoms with Gasteiger partial charge >= 0.3 is 5.97 Å². The Kier molecular flexibility index (Phi) is 7.91. The first-order chi connectivity index (χ1) is 14.2. The van der Waals surface area contributed by atoms with Crippen LogP contribution in [0.5, 0.6) is 5.88 Å². The lowest BCUT2D eigenvalue weighted by atomic mass is 9.85. The van der Waals surface area contributed by atoms with E-state index in [1.165, 1.54) is 11.1 Å². The maximum Gasteiger partial charge on any atom is 0.326 e. The second-order valence-corrected chi connectivity index (χ2v) is 10.1. The molecule has 1 aliphatic heterocycles. The molecule has 0 saturated carbocycles. The Bertz CT molecular complexity index is 775. The molecule has 1 fully saturated rings. The lowest BCUT2D eigenvalue weighted by Crippen LogP contribution is -2.58. The minimum absolute atomic E-state index is 0.0740. The van der Waals surface area contributed by atoms with Gasteiger partial charge in [-0.15, -0.1) is 0 Å². The summed E-state index contributed by atoms with van der Waals surface area (Å²) in [5.41, 5.74) is -1.27. The third kappa shape index (κ3) is 7.31. The number of rotatable bonds is 7. The van der Waals surface area contributed by atoms with E-state index in [4.69, 9.17) is 21.1 Å². The normalized spacial score (nSPS) is 21.6. The van der Waals surface area contributed by atoms with Gasteiger partial charge in [-0.25, -0.2) is 9.78 Å². The first-order valence-corrected chi connectivity index (χ1v) is 10.5. The maximum absolute atomic E-state index is 13.4. The maximum atomic E-state index is 13.4. The molecule has 2 rings (SSSR count). The number of hydrogen-bond acceptors (Lipinski definition) is 7. The van der Waals surface area contributed by atoms with Crippen molar-refractivity contribution in [2.24, 2.45) is 5.41 Å². The van der Waals surface area contributed by atoms with E-state index >= 15 is 0 Å². The molecule has 1 aromatic rings. The number of carboxylic acid groups (broad SMARTS) is 1. The molecule has 0 radical (unpaired) electrons. The highest BCUT2D eigenvalue weighted by atomic mass is 35.5. The molecule has 1 aliphatic rings. The summed E-state index contributed by atoms with van der Waals surface area (Å²) in [5, 5.41) is 23.2. The Hall–Kier alpha value is -1.94. The Morgan fingerprint density at radius 3 is 2.39 bits per heavy atom. The third-order valence-corrected chi connectivity index (χ3v) is 4.93. The summed E-state index contributed by atoms with van der Waals surface area (Å²) < 4.78 is 11.3. The number of halogens is 1. The minimum atomic E-state index is -1.40. The van der Waals surface area contributed by atoms with Gasteiger partial charge in [0, 0.05) is 18.7 Å². The van der Waals surface area contributed by atoms with Gasteiger partial charge in [-0.1, -0.05) is 32.4 Å². The number of amides is 1. The summed E-state index contributed by atoms with van der Waals surface area (Å²) in [7, 11) is 0. The quantitative estimate of drug-likeness (QED) is 0.533. The van der Waals surface area contributed by atoms with Crippen LogP contribution in [0.1, 0.15) is 48.0 Å². The van der Waals surface area contributed by atoms with Crippen molar-refractivity contribution in [3.05, 3.63) is 23.4 Å². The van der Waals surface area contributed by atoms with Gasteiger partial charge in [0.1, 0.15) is 12.1 Å². The van der Waals surface area contributed by atoms with E-state index in [2.05, 4.69) is 10.3 Å². The molecule has 1 aromatic heterocycles. The van der Waals surface area contributed by atoms with E-state index in [-0.39, 0.29) is 13.0 Å². The fraction of sp³-hybridized carbons (Fsp3) is 0.667. The number of carbonyl (C=O) groups is 2. The van der Waals surface area contributed by atoms with Crippen LogP contribution in [0.15, 0.2) is 18.3 Å². The van der Waals surface area contributed by atoms with Crippen LogP contribution in [-0.2, 0) is 14.3 Å². The Morgan fingerprint density at radius 1 is 1.26 bits per heavy atom. The fourth-order valence-corrected chi connectivity index (χ4v) is 3.44. The van der Waals surface area contributed by atoms with Crippen LogP contribution in [0.2, 0.25) is 5.02 Å². The smallest absolute Gasteiger partial charge is 0.326 e. The van der Waals surface area contributed by atoms with Gasteiger partial charge in [0.05, 0.1) is 23.2 Å². The number of aromatic nitrogens is 1. The van der Waals surface area contributed by atoms with Crippen LogP contribution in [0.3, 0.4) is 0 Å². The first kappa shape index (κ1) is 25.3. The molecule has 0 aromatic carbocycles. The summed E-state index contributed by atoms with van der Waals surface area (Å²) in [6.45, 7) is 10.9. The Balaban J connectivity index is 2.18. The number of nitrogens with zero attached hydrogens (tertiary/aromatic N) is 2. The molecule has 1 saturated heterocycles. The Labute approximate surface area is 187 Å². The van der Waals surface area contributed by atoms with Crippen molar-refractivity contribution >= 4 is 23.5 Å². The number of carbonyl (C=O) groups excluding carboxylic acids is 1. The van der Waals surface area contributed by atoms with Gasteiger partial charge in [0.25, 0.3) is 0 Å². The molecule has 9 nitrogen and oxygen atoms in total. The number of aliphatic hydroxyl groups excluding tert-OH is 1.